The third kappa shape index (κ3) is 4.64. The van der Waals surface area contributed by atoms with Crippen LogP contribution in [0.4, 0.5) is 0 Å². The fourth-order valence-electron chi connectivity index (χ4n) is 3.09. The van der Waals surface area contributed by atoms with Gasteiger partial charge in [-0.25, -0.2) is 8.42 Å². The maximum atomic E-state index is 12.2. The van der Waals surface area contributed by atoms with Crippen LogP contribution in [0.3, 0.4) is 0 Å². The molecule has 3 rings (SSSR count). The average molecular weight is 373 g/mol. The molecule has 0 bridgehead atoms. The molecule has 0 radical (unpaired) electrons. The van der Waals surface area contributed by atoms with Crippen LogP contribution >= 0.6 is 0 Å². The van der Waals surface area contributed by atoms with Crippen LogP contribution in [-0.2, 0) is 27.5 Å². The van der Waals surface area contributed by atoms with E-state index >= 15 is 0 Å². The van der Waals surface area contributed by atoms with Crippen LogP contribution in [0.5, 0.6) is 5.75 Å². The van der Waals surface area contributed by atoms with E-state index in [0.717, 1.165) is 24.3 Å². The molecule has 1 aliphatic heterocycles. The first kappa shape index (κ1) is 18.5. The van der Waals surface area contributed by atoms with Gasteiger partial charge in [-0.2, -0.15) is 0 Å². The van der Waals surface area contributed by atoms with Crippen LogP contribution in [0.2, 0.25) is 0 Å². The highest BCUT2D eigenvalue weighted by Crippen LogP contribution is 2.26. The predicted octanol–water partition coefficient (Wildman–Crippen LogP) is 2.53. The molecule has 1 N–H and O–H groups in total. The van der Waals surface area contributed by atoms with Gasteiger partial charge in [0.25, 0.3) is 0 Å². The lowest BCUT2D eigenvalue weighted by Gasteiger charge is -2.14. The number of carbonyl (C=O) groups is 1. The van der Waals surface area contributed by atoms with E-state index in [1.165, 1.54) is 5.56 Å². The largest absolute Gasteiger partial charge is 0.493 e. The van der Waals surface area contributed by atoms with Crippen molar-refractivity contribution in [1.29, 1.82) is 0 Å². The summed E-state index contributed by atoms with van der Waals surface area (Å²) in [7, 11) is -3.43. The molecule has 2 aromatic rings. The minimum atomic E-state index is -3.43. The van der Waals surface area contributed by atoms with Crippen molar-refractivity contribution in [2.24, 2.45) is 0 Å². The summed E-state index contributed by atoms with van der Waals surface area (Å²) in [4.78, 5) is 12.4. The normalized spacial score (nSPS) is 14.3. The minimum absolute atomic E-state index is 0.0421. The number of fused-ring (bicyclic) bond motifs is 1. The smallest absolute Gasteiger partial charge is 0.221 e. The molecule has 0 aromatic heterocycles. The molecule has 0 fully saturated rings. The fourth-order valence-corrected chi connectivity index (χ4v) is 4.35. The third-order valence-corrected chi connectivity index (χ3v) is 6.14. The summed E-state index contributed by atoms with van der Waals surface area (Å²) in [6.45, 7) is 2.65. The molecule has 0 saturated carbocycles. The molecule has 6 heteroatoms. The Labute approximate surface area is 154 Å². The monoisotopic (exact) mass is 373 g/mol. The first-order chi connectivity index (χ1) is 12.4. The Balaban J connectivity index is 1.50. The van der Waals surface area contributed by atoms with E-state index in [2.05, 4.69) is 11.4 Å². The maximum absolute atomic E-state index is 12.2. The molecular weight excluding hydrogens is 350 g/mol. The summed E-state index contributed by atoms with van der Waals surface area (Å²) in [5.74, 6) is 0.504. The van der Waals surface area contributed by atoms with Crippen molar-refractivity contribution in [3.8, 4) is 5.75 Å². The first-order valence-corrected chi connectivity index (χ1v) is 10.4. The molecule has 1 amide bonds. The van der Waals surface area contributed by atoms with Gasteiger partial charge in [-0.1, -0.05) is 30.3 Å². The molecule has 138 valence electrons. The molecule has 1 unspecified atom stereocenters. The highest BCUT2D eigenvalue weighted by molar-refractivity contribution is 7.91. The number of benzene rings is 2. The summed E-state index contributed by atoms with van der Waals surface area (Å²) in [5.41, 5.74) is 2.34. The van der Waals surface area contributed by atoms with E-state index in [9.17, 15) is 13.2 Å². The van der Waals surface area contributed by atoms with Gasteiger partial charge in [0.05, 0.1) is 17.3 Å². The zero-order valence-corrected chi connectivity index (χ0v) is 15.6. The van der Waals surface area contributed by atoms with Gasteiger partial charge in [-0.15, -0.1) is 0 Å². The molecule has 1 atom stereocenters. The lowest BCUT2D eigenvalue weighted by atomic mass is 10.0. The minimum Gasteiger partial charge on any atom is -0.493 e. The van der Waals surface area contributed by atoms with E-state index < -0.39 is 9.84 Å². The third-order valence-electron chi connectivity index (χ3n) is 4.40. The molecule has 0 spiro atoms. The zero-order valence-electron chi connectivity index (χ0n) is 14.8. The standard InChI is InChI=1S/C20H23NO4S/c1-15(13-16-7-8-19-17(14-16)9-11-25-19)21-20(22)10-12-26(23,24)18-5-3-2-4-6-18/h2-8,14-15H,9-13H2,1H3,(H,21,22). The van der Waals surface area contributed by atoms with E-state index in [0.29, 0.717) is 6.42 Å². The van der Waals surface area contributed by atoms with Gasteiger partial charge in [-0.05, 0) is 42.7 Å². The molecule has 5 nitrogen and oxygen atoms in total. The van der Waals surface area contributed by atoms with Gasteiger partial charge in [0.2, 0.25) is 5.91 Å². The van der Waals surface area contributed by atoms with E-state index in [4.69, 9.17) is 4.74 Å². The van der Waals surface area contributed by atoms with Gasteiger partial charge < -0.3 is 10.1 Å². The number of hydrogen-bond donors (Lipinski definition) is 1. The molecule has 1 heterocycles. The topological polar surface area (TPSA) is 72.5 Å². The molecule has 26 heavy (non-hydrogen) atoms. The Kier molecular flexibility index (Phi) is 5.61. The summed E-state index contributed by atoms with van der Waals surface area (Å²) < 4.78 is 30.0. The van der Waals surface area contributed by atoms with E-state index in [1.54, 1.807) is 30.3 Å². The lowest BCUT2D eigenvalue weighted by molar-refractivity contribution is -0.121. The van der Waals surface area contributed by atoms with Crippen LogP contribution in [0.1, 0.15) is 24.5 Å². The predicted molar refractivity (Wildman–Crippen MR) is 100 cm³/mol. The summed E-state index contributed by atoms with van der Waals surface area (Å²) >= 11 is 0. The van der Waals surface area contributed by atoms with Crippen LogP contribution < -0.4 is 10.1 Å². The van der Waals surface area contributed by atoms with Gasteiger partial charge >= 0.3 is 0 Å². The SMILES string of the molecule is CC(Cc1ccc2c(c1)CCO2)NC(=O)CCS(=O)(=O)c1ccccc1. The second kappa shape index (κ2) is 7.91. The summed E-state index contributed by atoms with van der Waals surface area (Å²) in [6.07, 6.45) is 1.57. The number of hydrogen-bond acceptors (Lipinski definition) is 4. The number of nitrogens with one attached hydrogen (secondary N) is 1. The number of carbonyl (C=O) groups excluding carboxylic acids is 1. The lowest BCUT2D eigenvalue weighted by Crippen LogP contribution is -2.35. The van der Waals surface area contributed by atoms with Crippen LogP contribution in [-0.4, -0.2) is 32.7 Å². The van der Waals surface area contributed by atoms with Gasteiger partial charge in [0, 0.05) is 18.9 Å². The van der Waals surface area contributed by atoms with Crippen molar-refractivity contribution in [2.45, 2.75) is 37.1 Å². The Morgan fingerprint density at radius 1 is 1.19 bits per heavy atom. The Morgan fingerprint density at radius 2 is 1.96 bits per heavy atom. The van der Waals surface area contributed by atoms with Crippen LogP contribution in [0.25, 0.3) is 0 Å². The van der Waals surface area contributed by atoms with Crippen molar-refractivity contribution in [1.82, 2.24) is 5.32 Å². The Hall–Kier alpha value is -2.34. The second-order valence-corrected chi connectivity index (χ2v) is 8.70. The zero-order chi connectivity index (χ0) is 18.6. The molecule has 0 saturated heterocycles. The van der Waals surface area contributed by atoms with E-state index in [1.807, 2.05) is 19.1 Å². The summed E-state index contributed by atoms with van der Waals surface area (Å²) in [5, 5.41) is 2.89. The highest BCUT2D eigenvalue weighted by atomic mass is 32.2. The van der Waals surface area contributed by atoms with Gasteiger partial charge in [0.15, 0.2) is 9.84 Å². The Morgan fingerprint density at radius 3 is 2.73 bits per heavy atom. The number of sulfone groups is 1. The number of amides is 1. The molecule has 2 aromatic carbocycles. The highest BCUT2D eigenvalue weighted by Gasteiger charge is 2.18. The molecule has 0 aliphatic carbocycles. The molecular formula is C20H23NO4S. The second-order valence-electron chi connectivity index (χ2n) is 6.60. The maximum Gasteiger partial charge on any atom is 0.221 e. The molecule has 1 aliphatic rings. The van der Waals surface area contributed by atoms with Crippen LogP contribution in [0, 0.1) is 0 Å². The quantitative estimate of drug-likeness (QED) is 0.809. The van der Waals surface area contributed by atoms with Gasteiger partial charge in [-0.3, -0.25) is 4.79 Å². The van der Waals surface area contributed by atoms with Crippen molar-refractivity contribution in [3.63, 3.8) is 0 Å². The Bertz CT molecular complexity index is 878. The van der Waals surface area contributed by atoms with E-state index in [-0.39, 0.29) is 29.0 Å². The summed E-state index contributed by atoms with van der Waals surface area (Å²) in [6, 6.07) is 14.2. The average Bonchev–Trinajstić information content (AvgIpc) is 3.08. The van der Waals surface area contributed by atoms with Crippen LogP contribution in [0.15, 0.2) is 53.4 Å². The van der Waals surface area contributed by atoms with Crippen molar-refractivity contribution in [3.05, 3.63) is 59.7 Å². The van der Waals surface area contributed by atoms with Crippen molar-refractivity contribution >= 4 is 15.7 Å². The van der Waals surface area contributed by atoms with Crippen molar-refractivity contribution < 1.29 is 17.9 Å². The fraction of sp³-hybridized carbons (Fsp3) is 0.350. The number of ether oxygens (including phenoxy) is 1. The van der Waals surface area contributed by atoms with Gasteiger partial charge in [0.1, 0.15) is 5.75 Å². The van der Waals surface area contributed by atoms with Crippen molar-refractivity contribution in [2.75, 3.05) is 12.4 Å². The number of rotatable bonds is 7. The first-order valence-electron chi connectivity index (χ1n) is 8.76.